The molecule has 0 fully saturated rings. The van der Waals surface area contributed by atoms with Crippen LogP contribution in [0.25, 0.3) is 10.9 Å². The number of ether oxygens (including phenoxy) is 1. The van der Waals surface area contributed by atoms with Crippen molar-refractivity contribution in [2.24, 2.45) is 0 Å². The normalized spacial score (nSPS) is 10.4. The number of nitrogen functional groups attached to an aromatic ring is 1. The van der Waals surface area contributed by atoms with Crippen LogP contribution in [0.15, 0.2) is 18.5 Å². The monoisotopic (exact) mass is 163 g/mol. The van der Waals surface area contributed by atoms with Gasteiger partial charge in [0.05, 0.1) is 23.7 Å². The Morgan fingerprint density at radius 1 is 1.58 bits per heavy atom. The van der Waals surface area contributed by atoms with Crippen LogP contribution in [0.2, 0.25) is 0 Å². The summed E-state index contributed by atoms with van der Waals surface area (Å²) in [7, 11) is 1.58. The third-order valence-corrected chi connectivity index (χ3v) is 1.78. The van der Waals surface area contributed by atoms with E-state index in [1.54, 1.807) is 19.5 Å². The molecular weight excluding hydrogens is 154 g/mol. The highest BCUT2D eigenvalue weighted by molar-refractivity contribution is 5.95. The molecule has 2 aromatic heterocycles. The largest absolute Gasteiger partial charge is 0.480 e. The quantitative estimate of drug-likeness (QED) is 0.662. The van der Waals surface area contributed by atoms with Crippen molar-refractivity contribution in [1.29, 1.82) is 0 Å². The third kappa shape index (κ3) is 0.812. The molecule has 0 aliphatic carbocycles. The predicted octanol–water partition coefficient (Wildman–Crippen LogP) is 1.15. The highest BCUT2D eigenvalue weighted by atomic mass is 16.5. The maximum Gasteiger partial charge on any atom is 0.224 e. The molecule has 0 bridgehead atoms. The van der Waals surface area contributed by atoms with Crippen LogP contribution >= 0.6 is 0 Å². The zero-order valence-corrected chi connectivity index (χ0v) is 6.66. The molecule has 0 spiro atoms. The van der Waals surface area contributed by atoms with Crippen molar-refractivity contribution in [2.45, 2.75) is 0 Å². The van der Waals surface area contributed by atoms with Gasteiger partial charge < -0.3 is 15.5 Å². The molecule has 0 aliphatic heterocycles. The summed E-state index contributed by atoms with van der Waals surface area (Å²) >= 11 is 0. The lowest BCUT2D eigenvalue weighted by molar-refractivity contribution is 0.403. The molecule has 3 N–H and O–H groups in total. The summed E-state index contributed by atoms with van der Waals surface area (Å²) in [4.78, 5) is 7.05. The first-order valence-electron chi connectivity index (χ1n) is 3.58. The SMILES string of the molecule is COc1nccc2[nH]cc(N)c12. The number of nitrogens with one attached hydrogen (secondary N) is 1. The molecule has 0 aromatic carbocycles. The molecule has 0 amide bonds. The van der Waals surface area contributed by atoms with E-state index in [9.17, 15) is 0 Å². The number of rotatable bonds is 1. The topological polar surface area (TPSA) is 63.9 Å². The summed E-state index contributed by atoms with van der Waals surface area (Å²) in [5, 5.41) is 0.847. The van der Waals surface area contributed by atoms with Gasteiger partial charge in [0.25, 0.3) is 0 Å². The van der Waals surface area contributed by atoms with Gasteiger partial charge in [0.2, 0.25) is 5.88 Å². The second-order valence-electron chi connectivity index (χ2n) is 2.49. The van der Waals surface area contributed by atoms with Crippen LogP contribution in [0, 0.1) is 0 Å². The van der Waals surface area contributed by atoms with Gasteiger partial charge in [-0.1, -0.05) is 0 Å². The number of nitrogens with two attached hydrogens (primary N) is 1. The Labute approximate surface area is 69.4 Å². The Morgan fingerprint density at radius 2 is 2.42 bits per heavy atom. The van der Waals surface area contributed by atoms with E-state index >= 15 is 0 Å². The molecule has 0 saturated heterocycles. The highest BCUT2D eigenvalue weighted by Gasteiger charge is 2.06. The Hall–Kier alpha value is -1.71. The summed E-state index contributed by atoms with van der Waals surface area (Å²) in [5.74, 6) is 0.561. The van der Waals surface area contributed by atoms with Crippen molar-refractivity contribution in [3.05, 3.63) is 18.5 Å². The van der Waals surface area contributed by atoms with E-state index in [1.165, 1.54) is 0 Å². The molecule has 2 heterocycles. The fourth-order valence-electron chi connectivity index (χ4n) is 1.22. The molecule has 2 rings (SSSR count). The third-order valence-electron chi connectivity index (χ3n) is 1.78. The van der Waals surface area contributed by atoms with E-state index in [2.05, 4.69) is 9.97 Å². The van der Waals surface area contributed by atoms with Crippen LogP contribution in [0.3, 0.4) is 0 Å². The molecule has 0 atom stereocenters. The maximum absolute atomic E-state index is 5.70. The van der Waals surface area contributed by atoms with E-state index in [1.807, 2.05) is 6.07 Å². The lowest BCUT2D eigenvalue weighted by atomic mass is 10.3. The smallest absolute Gasteiger partial charge is 0.224 e. The molecule has 2 aromatic rings. The Balaban J connectivity index is 2.84. The highest BCUT2D eigenvalue weighted by Crippen LogP contribution is 2.27. The van der Waals surface area contributed by atoms with Crippen LogP contribution in [0.4, 0.5) is 5.69 Å². The van der Waals surface area contributed by atoms with Crippen LogP contribution in [-0.4, -0.2) is 17.1 Å². The Bertz CT molecular complexity index is 408. The van der Waals surface area contributed by atoms with Gasteiger partial charge in [0.1, 0.15) is 0 Å². The molecule has 4 heteroatoms. The van der Waals surface area contributed by atoms with Crippen LogP contribution in [0.5, 0.6) is 5.88 Å². The van der Waals surface area contributed by atoms with Gasteiger partial charge >= 0.3 is 0 Å². The number of hydrogen-bond acceptors (Lipinski definition) is 3. The molecule has 0 radical (unpaired) electrons. The van der Waals surface area contributed by atoms with Crippen molar-refractivity contribution in [3.63, 3.8) is 0 Å². The molecule has 62 valence electrons. The van der Waals surface area contributed by atoms with Crippen LogP contribution in [0.1, 0.15) is 0 Å². The minimum absolute atomic E-state index is 0.561. The molecule has 4 nitrogen and oxygen atoms in total. The van der Waals surface area contributed by atoms with E-state index in [-0.39, 0.29) is 0 Å². The Kier molecular flexibility index (Phi) is 1.40. The zero-order chi connectivity index (χ0) is 8.55. The van der Waals surface area contributed by atoms with Gasteiger partial charge in [0.15, 0.2) is 0 Å². The maximum atomic E-state index is 5.70. The molecule has 0 saturated carbocycles. The molecule has 0 unspecified atom stereocenters. The number of aromatic amines is 1. The number of H-pyrrole nitrogens is 1. The fraction of sp³-hybridized carbons (Fsp3) is 0.125. The minimum atomic E-state index is 0.561. The summed E-state index contributed by atoms with van der Waals surface area (Å²) < 4.78 is 5.06. The number of methoxy groups -OCH3 is 1. The number of pyridine rings is 1. The van der Waals surface area contributed by atoms with E-state index < -0.39 is 0 Å². The van der Waals surface area contributed by atoms with Gasteiger partial charge in [-0.15, -0.1) is 0 Å². The van der Waals surface area contributed by atoms with Crippen molar-refractivity contribution >= 4 is 16.6 Å². The summed E-state index contributed by atoms with van der Waals surface area (Å²) in [6.07, 6.45) is 3.41. The average Bonchev–Trinajstić information content (AvgIpc) is 2.48. The predicted molar refractivity (Wildman–Crippen MR) is 47.1 cm³/mol. The summed E-state index contributed by atoms with van der Waals surface area (Å²) in [6, 6.07) is 1.86. The Morgan fingerprint density at radius 3 is 3.17 bits per heavy atom. The van der Waals surface area contributed by atoms with Gasteiger partial charge in [-0.25, -0.2) is 4.98 Å². The van der Waals surface area contributed by atoms with Gasteiger partial charge in [-0.2, -0.15) is 0 Å². The first-order valence-corrected chi connectivity index (χ1v) is 3.58. The van der Waals surface area contributed by atoms with Crippen LogP contribution in [-0.2, 0) is 0 Å². The van der Waals surface area contributed by atoms with Crippen molar-refractivity contribution < 1.29 is 4.74 Å². The minimum Gasteiger partial charge on any atom is -0.480 e. The average molecular weight is 163 g/mol. The molecule has 12 heavy (non-hydrogen) atoms. The second kappa shape index (κ2) is 2.41. The first-order chi connectivity index (χ1) is 5.83. The summed E-state index contributed by atoms with van der Waals surface area (Å²) in [5.41, 5.74) is 7.31. The van der Waals surface area contributed by atoms with Gasteiger partial charge in [-0.3, -0.25) is 0 Å². The van der Waals surface area contributed by atoms with Gasteiger partial charge in [0, 0.05) is 12.4 Å². The van der Waals surface area contributed by atoms with Crippen molar-refractivity contribution in [2.75, 3.05) is 12.8 Å². The van der Waals surface area contributed by atoms with Gasteiger partial charge in [-0.05, 0) is 6.07 Å². The van der Waals surface area contributed by atoms with E-state index in [4.69, 9.17) is 10.5 Å². The zero-order valence-electron chi connectivity index (χ0n) is 6.66. The van der Waals surface area contributed by atoms with Crippen molar-refractivity contribution in [1.82, 2.24) is 9.97 Å². The number of anilines is 1. The number of aromatic nitrogens is 2. The number of nitrogens with zero attached hydrogens (tertiary/aromatic N) is 1. The van der Waals surface area contributed by atoms with E-state index in [0.29, 0.717) is 11.6 Å². The van der Waals surface area contributed by atoms with Crippen molar-refractivity contribution in [3.8, 4) is 5.88 Å². The lowest BCUT2D eigenvalue weighted by Gasteiger charge is -1.99. The molecular formula is C8H9N3O. The lowest BCUT2D eigenvalue weighted by Crippen LogP contribution is -1.89. The number of hydrogen-bond donors (Lipinski definition) is 2. The second-order valence-corrected chi connectivity index (χ2v) is 2.49. The fourth-order valence-corrected chi connectivity index (χ4v) is 1.22. The first kappa shape index (κ1) is 6.97. The van der Waals surface area contributed by atoms with E-state index in [0.717, 1.165) is 10.9 Å². The standard InChI is InChI=1S/C8H9N3O/c1-12-8-7-5(9)4-11-6(7)2-3-10-8/h2-4,11H,9H2,1H3. The molecule has 0 aliphatic rings. The number of fused-ring (bicyclic) bond motifs is 1. The van der Waals surface area contributed by atoms with Crippen LogP contribution < -0.4 is 10.5 Å². The summed E-state index contributed by atoms with van der Waals surface area (Å²) in [6.45, 7) is 0.